The Morgan fingerprint density at radius 2 is 1.68 bits per heavy atom. The van der Waals surface area contributed by atoms with Crippen LogP contribution in [-0.2, 0) is 4.79 Å². The van der Waals surface area contributed by atoms with Gasteiger partial charge in [0.15, 0.2) is 6.61 Å². The molecular weight excluding hydrogens is 384 g/mol. The Morgan fingerprint density at radius 1 is 1.08 bits per heavy atom. The van der Waals surface area contributed by atoms with Gasteiger partial charge in [0.2, 0.25) is 0 Å². The van der Waals surface area contributed by atoms with Gasteiger partial charge in [-0.25, -0.2) is 4.79 Å². The van der Waals surface area contributed by atoms with Gasteiger partial charge in [-0.2, -0.15) is 0 Å². The van der Waals surface area contributed by atoms with E-state index in [2.05, 4.69) is 26.6 Å². The number of ether oxygens (including phenoxy) is 1. The molecule has 4 saturated carbocycles. The molecule has 4 aliphatic carbocycles. The predicted octanol–water partition coefficient (Wildman–Crippen LogP) is 3.62. The van der Waals surface area contributed by atoms with Gasteiger partial charge in [0.05, 0.1) is 4.47 Å². The first kappa shape index (κ1) is 16.9. The number of amides is 3. The standard InChI is InChI=1S/C19H23BrN2O3/c20-15-3-1-2-4-16(15)25-11-17(23)21-18(24)22-19-8-12-5-13(9-19)7-14(6-12)10-19/h1-4,12-14H,5-11H2,(H2,21,22,23,24). The van der Waals surface area contributed by atoms with E-state index in [4.69, 9.17) is 4.74 Å². The van der Waals surface area contributed by atoms with E-state index >= 15 is 0 Å². The molecule has 0 aromatic heterocycles. The number of para-hydroxylation sites is 1. The van der Waals surface area contributed by atoms with E-state index in [1.165, 1.54) is 19.3 Å². The minimum atomic E-state index is -0.432. The number of imide groups is 1. The minimum absolute atomic E-state index is 0.0948. The fourth-order valence-corrected chi connectivity index (χ4v) is 5.80. The highest BCUT2D eigenvalue weighted by atomic mass is 79.9. The molecule has 0 unspecified atom stereocenters. The van der Waals surface area contributed by atoms with E-state index in [0.29, 0.717) is 5.75 Å². The fraction of sp³-hybridized carbons (Fsp3) is 0.579. The maximum atomic E-state index is 12.3. The van der Waals surface area contributed by atoms with E-state index in [1.807, 2.05) is 18.2 Å². The number of urea groups is 1. The van der Waals surface area contributed by atoms with Crippen LogP contribution in [0.25, 0.3) is 0 Å². The Morgan fingerprint density at radius 3 is 2.28 bits per heavy atom. The Balaban J connectivity index is 1.29. The molecule has 2 N–H and O–H groups in total. The molecule has 134 valence electrons. The Labute approximate surface area is 156 Å². The summed E-state index contributed by atoms with van der Waals surface area (Å²) >= 11 is 3.37. The molecule has 6 heteroatoms. The smallest absolute Gasteiger partial charge is 0.321 e. The van der Waals surface area contributed by atoms with Gasteiger partial charge < -0.3 is 10.1 Å². The predicted molar refractivity (Wildman–Crippen MR) is 97.2 cm³/mol. The Bertz CT molecular complexity index is 656. The fourth-order valence-electron chi connectivity index (χ4n) is 5.40. The zero-order valence-corrected chi connectivity index (χ0v) is 15.7. The summed E-state index contributed by atoms with van der Waals surface area (Å²) in [6.45, 7) is -0.184. The highest BCUT2D eigenvalue weighted by Gasteiger charge is 2.51. The van der Waals surface area contributed by atoms with Crippen LogP contribution in [0.5, 0.6) is 5.75 Å². The number of rotatable bonds is 4. The summed E-state index contributed by atoms with van der Waals surface area (Å²) in [5.74, 6) is 2.40. The van der Waals surface area contributed by atoms with Crippen LogP contribution in [0.4, 0.5) is 4.79 Å². The van der Waals surface area contributed by atoms with E-state index in [1.54, 1.807) is 6.07 Å². The van der Waals surface area contributed by atoms with Gasteiger partial charge in [-0.1, -0.05) is 12.1 Å². The lowest BCUT2D eigenvalue weighted by atomic mass is 9.53. The second-order valence-corrected chi connectivity index (χ2v) is 8.77. The van der Waals surface area contributed by atoms with Crippen molar-refractivity contribution in [2.75, 3.05) is 6.61 Å². The van der Waals surface area contributed by atoms with Gasteiger partial charge in [-0.05, 0) is 84.3 Å². The van der Waals surface area contributed by atoms with Crippen molar-refractivity contribution in [2.45, 2.75) is 44.1 Å². The van der Waals surface area contributed by atoms with Crippen LogP contribution in [-0.4, -0.2) is 24.1 Å². The molecule has 1 aromatic carbocycles. The molecule has 0 radical (unpaired) electrons. The van der Waals surface area contributed by atoms with Crippen molar-refractivity contribution in [1.82, 2.24) is 10.6 Å². The second-order valence-electron chi connectivity index (χ2n) is 7.92. The summed E-state index contributed by atoms with van der Waals surface area (Å²) in [7, 11) is 0. The number of hydrogen-bond donors (Lipinski definition) is 2. The second kappa shape index (κ2) is 6.63. The molecule has 4 fully saturated rings. The Kier molecular flexibility index (Phi) is 4.48. The molecular formula is C19H23BrN2O3. The van der Waals surface area contributed by atoms with Gasteiger partial charge in [-0.15, -0.1) is 0 Å². The zero-order chi connectivity index (χ0) is 17.4. The van der Waals surface area contributed by atoms with Crippen molar-refractivity contribution in [3.05, 3.63) is 28.7 Å². The van der Waals surface area contributed by atoms with E-state index in [-0.39, 0.29) is 18.2 Å². The van der Waals surface area contributed by atoms with Gasteiger partial charge in [0.1, 0.15) is 5.75 Å². The molecule has 25 heavy (non-hydrogen) atoms. The molecule has 0 saturated heterocycles. The molecule has 0 atom stereocenters. The summed E-state index contributed by atoms with van der Waals surface area (Å²) < 4.78 is 6.23. The van der Waals surface area contributed by atoms with Crippen LogP contribution in [0.3, 0.4) is 0 Å². The van der Waals surface area contributed by atoms with Gasteiger partial charge in [0.25, 0.3) is 5.91 Å². The molecule has 0 spiro atoms. The first-order valence-electron chi connectivity index (χ1n) is 9.01. The maximum Gasteiger partial charge on any atom is 0.321 e. The first-order valence-corrected chi connectivity index (χ1v) is 9.80. The number of carbonyl (C=O) groups is 2. The molecule has 5 nitrogen and oxygen atoms in total. The molecule has 0 heterocycles. The van der Waals surface area contributed by atoms with Crippen molar-refractivity contribution in [2.24, 2.45) is 17.8 Å². The number of halogens is 1. The minimum Gasteiger partial charge on any atom is -0.483 e. The highest BCUT2D eigenvalue weighted by Crippen LogP contribution is 2.55. The van der Waals surface area contributed by atoms with Gasteiger partial charge in [0, 0.05) is 5.54 Å². The third-order valence-electron chi connectivity index (χ3n) is 5.87. The highest BCUT2D eigenvalue weighted by molar-refractivity contribution is 9.10. The van der Waals surface area contributed by atoms with Crippen LogP contribution in [0, 0.1) is 17.8 Å². The third kappa shape index (κ3) is 3.68. The molecule has 1 aromatic rings. The normalized spacial score (nSPS) is 32.3. The van der Waals surface area contributed by atoms with Crippen LogP contribution in [0.15, 0.2) is 28.7 Å². The van der Waals surface area contributed by atoms with Crippen LogP contribution in [0.1, 0.15) is 38.5 Å². The summed E-state index contributed by atoms with van der Waals surface area (Å²) in [6.07, 6.45) is 7.15. The summed E-state index contributed by atoms with van der Waals surface area (Å²) in [4.78, 5) is 24.3. The lowest BCUT2D eigenvalue weighted by molar-refractivity contribution is -0.122. The Hall–Kier alpha value is -1.56. The van der Waals surface area contributed by atoms with Crippen molar-refractivity contribution in [3.63, 3.8) is 0 Å². The number of carbonyl (C=O) groups excluding carboxylic acids is 2. The average Bonchev–Trinajstić information content (AvgIpc) is 2.52. The van der Waals surface area contributed by atoms with Crippen molar-refractivity contribution >= 4 is 27.9 Å². The largest absolute Gasteiger partial charge is 0.483 e. The molecule has 4 aliphatic rings. The van der Waals surface area contributed by atoms with Crippen molar-refractivity contribution in [1.29, 1.82) is 0 Å². The van der Waals surface area contributed by atoms with Crippen LogP contribution >= 0.6 is 15.9 Å². The number of hydrogen-bond acceptors (Lipinski definition) is 3. The number of benzene rings is 1. The maximum absolute atomic E-state index is 12.3. The summed E-state index contributed by atoms with van der Waals surface area (Å²) in [5.41, 5.74) is -0.0948. The number of nitrogens with one attached hydrogen (secondary N) is 2. The third-order valence-corrected chi connectivity index (χ3v) is 6.52. The van der Waals surface area contributed by atoms with Gasteiger partial charge in [-0.3, -0.25) is 10.1 Å². The van der Waals surface area contributed by atoms with Crippen molar-refractivity contribution in [3.8, 4) is 5.75 Å². The molecule has 3 amide bonds. The zero-order valence-electron chi connectivity index (χ0n) is 14.1. The van der Waals surface area contributed by atoms with E-state index < -0.39 is 5.91 Å². The van der Waals surface area contributed by atoms with Crippen LogP contribution < -0.4 is 15.4 Å². The summed E-state index contributed by atoms with van der Waals surface area (Å²) in [5, 5.41) is 5.54. The van der Waals surface area contributed by atoms with Crippen LogP contribution in [0.2, 0.25) is 0 Å². The first-order chi connectivity index (χ1) is 12.0. The van der Waals surface area contributed by atoms with E-state index in [9.17, 15) is 9.59 Å². The molecule has 0 aliphatic heterocycles. The topological polar surface area (TPSA) is 67.4 Å². The van der Waals surface area contributed by atoms with Gasteiger partial charge >= 0.3 is 6.03 Å². The lowest BCUT2D eigenvalue weighted by Crippen LogP contribution is -2.62. The lowest BCUT2D eigenvalue weighted by Gasteiger charge is -2.56. The van der Waals surface area contributed by atoms with E-state index in [0.717, 1.165) is 41.5 Å². The summed E-state index contributed by atoms with van der Waals surface area (Å²) in [6, 6.07) is 6.93. The SMILES string of the molecule is O=C(COc1ccccc1Br)NC(=O)NC12CC3CC(CC(C3)C1)C2. The van der Waals surface area contributed by atoms with Crippen molar-refractivity contribution < 1.29 is 14.3 Å². The quantitative estimate of drug-likeness (QED) is 0.801. The molecule has 4 bridgehead atoms. The molecule has 5 rings (SSSR count). The monoisotopic (exact) mass is 406 g/mol. The average molecular weight is 407 g/mol.